The zero-order valence-corrected chi connectivity index (χ0v) is 15.2. The van der Waals surface area contributed by atoms with E-state index >= 15 is 0 Å². The van der Waals surface area contributed by atoms with Crippen LogP contribution in [0.5, 0.6) is 0 Å². The Morgan fingerprint density at radius 1 is 1.16 bits per heavy atom. The minimum Gasteiger partial charge on any atom is -0.349 e. The van der Waals surface area contributed by atoms with Crippen molar-refractivity contribution in [2.45, 2.75) is 27.3 Å². The quantitative estimate of drug-likeness (QED) is 0.524. The molecule has 0 aliphatic carbocycles. The minimum absolute atomic E-state index is 0.0776. The normalized spacial score (nSPS) is 16.5. The molecule has 1 aromatic heterocycles. The van der Waals surface area contributed by atoms with Crippen LogP contribution in [0.4, 0.5) is 5.69 Å². The zero-order valence-electron chi connectivity index (χ0n) is 14.4. The fraction of sp³-hybridized carbons (Fsp3) is 0.211. The Morgan fingerprint density at radius 3 is 2.44 bits per heavy atom. The van der Waals surface area contributed by atoms with E-state index in [0.29, 0.717) is 5.69 Å². The molecule has 25 heavy (non-hydrogen) atoms. The highest BCUT2D eigenvalue weighted by atomic mass is 32.1. The lowest BCUT2D eigenvalue weighted by molar-refractivity contribution is -0.122. The molecule has 0 atom stereocenters. The van der Waals surface area contributed by atoms with Gasteiger partial charge < -0.3 is 4.57 Å². The molecule has 1 saturated heterocycles. The molecule has 5 nitrogen and oxygen atoms in total. The molecule has 2 heterocycles. The molecule has 1 N–H and O–H groups in total. The number of aromatic nitrogens is 1. The first kappa shape index (κ1) is 17.1. The molecule has 0 radical (unpaired) electrons. The number of anilines is 1. The number of carbonyl (C=O) groups excluding carboxylic acids is 2. The Hall–Kier alpha value is -2.73. The van der Waals surface area contributed by atoms with Crippen LogP contribution in [0.3, 0.4) is 0 Å². The lowest BCUT2D eigenvalue weighted by Crippen LogP contribution is -2.54. The van der Waals surface area contributed by atoms with E-state index in [-0.39, 0.29) is 10.7 Å². The number of nitrogens with one attached hydrogen (secondary N) is 1. The second-order valence-corrected chi connectivity index (χ2v) is 6.25. The average Bonchev–Trinajstić information content (AvgIpc) is 2.85. The van der Waals surface area contributed by atoms with Gasteiger partial charge in [0.1, 0.15) is 5.57 Å². The summed E-state index contributed by atoms with van der Waals surface area (Å²) in [6.07, 6.45) is 1.64. The van der Waals surface area contributed by atoms with Crippen molar-refractivity contribution in [1.82, 2.24) is 9.88 Å². The van der Waals surface area contributed by atoms with E-state index in [1.54, 1.807) is 18.2 Å². The molecule has 0 unspecified atom stereocenters. The highest BCUT2D eigenvalue weighted by Crippen LogP contribution is 2.23. The number of carbonyl (C=O) groups is 2. The van der Waals surface area contributed by atoms with E-state index in [1.807, 2.05) is 38.1 Å². The van der Waals surface area contributed by atoms with Crippen LogP contribution in [0.1, 0.15) is 23.9 Å². The van der Waals surface area contributed by atoms with Crippen LogP contribution in [-0.4, -0.2) is 21.5 Å². The monoisotopic (exact) mass is 353 g/mol. The van der Waals surface area contributed by atoms with Gasteiger partial charge in [-0.3, -0.25) is 19.8 Å². The van der Waals surface area contributed by atoms with Crippen LogP contribution in [0.2, 0.25) is 0 Å². The van der Waals surface area contributed by atoms with Gasteiger partial charge in [-0.2, -0.15) is 0 Å². The smallest absolute Gasteiger partial charge is 0.270 e. The average molecular weight is 353 g/mol. The summed E-state index contributed by atoms with van der Waals surface area (Å²) >= 11 is 5.19. The molecule has 0 spiro atoms. The van der Waals surface area contributed by atoms with Gasteiger partial charge in [-0.1, -0.05) is 18.2 Å². The lowest BCUT2D eigenvalue weighted by Gasteiger charge is -2.28. The van der Waals surface area contributed by atoms with Gasteiger partial charge in [0.15, 0.2) is 5.11 Å². The van der Waals surface area contributed by atoms with E-state index in [9.17, 15) is 9.59 Å². The number of rotatable bonds is 3. The molecule has 0 saturated carbocycles. The molecule has 3 rings (SSSR count). The summed E-state index contributed by atoms with van der Waals surface area (Å²) in [5.41, 5.74) is 3.67. The van der Waals surface area contributed by atoms with Gasteiger partial charge in [0.2, 0.25) is 0 Å². The Bertz CT molecular complexity index is 897. The maximum atomic E-state index is 12.9. The Kier molecular flexibility index (Phi) is 4.55. The SMILES string of the molecule is CCn1c(C)cc(/C=C2\C(=O)NC(=S)N(c3ccccc3)C2=O)c1C. The minimum atomic E-state index is -0.469. The number of benzene rings is 1. The van der Waals surface area contributed by atoms with Crippen LogP contribution in [-0.2, 0) is 16.1 Å². The van der Waals surface area contributed by atoms with Crippen molar-refractivity contribution in [3.8, 4) is 0 Å². The van der Waals surface area contributed by atoms with Crippen LogP contribution in [0.15, 0.2) is 42.0 Å². The highest BCUT2D eigenvalue weighted by molar-refractivity contribution is 7.80. The predicted octanol–water partition coefficient (Wildman–Crippen LogP) is 2.96. The second kappa shape index (κ2) is 6.64. The summed E-state index contributed by atoms with van der Waals surface area (Å²) in [6, 6.07) is 11.0. The van der Waals surface area contributed by atoms with E-state index in [2.05, 4.69) is 16.8 Å². The van der Waals surface area contributed by atoms with Crippen LogP contribution in [0.25, 0.3) is 6.08 Å². The third kappa shape index (κ3) is 3.00. The van der Waals surface area contributed by atoms with Crippen molar-refractivity contribution < 1.29 is 9.59 Å². The third-order valence-electron chi connectivity index (χ3n) is 4.34. The standard InChI is InChI=1S/C19H19N3O2S/c1-4-21-12(2)10-14(13(21)3)11-16-17(23)20-19(25)22(18(16)24)15-8-6-5-7-9-15/h5-11H,4H2,1-3H3,(H,20,23,25)/b16-11+. The van der Waals surface area contributed by atoms with Gasteiger partial charge in [-0.05, 0) is 62.8 Å². The van der Waals surface area contributed by atoms with Crippen molar-refractivity contribution in [2.75, 3.05) is 4.90 Å². The summed E-state index contributed by atoms with van der Waals surface area (Å²) in [6.45, 7) is 6.88. The first-order chi connectivity index (χ1) is 11.9. The van der Waals surface area contributed by atoms with Gasteiger partial charge in [0.25, 0.3) is 11.8 Å². The molecule has 1 aromatic carbocycles. The summed E-state index contributed by atoms with van der Waals surface area (Å²) in [5.74, 6) is -0.885. The van der Waals surface area contributed by atoms with Gasteiger partial charge in [-0.25, -0.2) is 0 Å². The van der Waals surface area contributed by atoms with Crippen molar-refractivity contribution >= 4 is 40.9 Å². The molecule has 2 aromatic rings. The first-order valence-corrected chi connectivity index (χ1v) is 8.48. The number of hydrogen-bond acceptors (Lipinski definition) is 3. The first-order valence-electron chi connectivity index (χ1n) is 8.07. The third-order valence-corrected chi connectivity index (χ3v) is 4.63. The topological polar surface area (TPSA) is 54.3 Å². The molecule has 6 heteroatoms. The molecule has 1 fully saturated rings. The van der Waals surface area contributed by atoms with E-state index in [4.69, 9.17) is 12.2 Å². The van der Waals surface area contributed by atoms with Crippen molar-refractivity contribution in [1.29, 1.82) is 0 Å². The van der Waals surface area contributed by atoms with Crippen LogP contribution < -0.4 is 10.2 Å². The van der Waals surface area contributed by atoms with E-state index in [0.717, 1.165) is 23.5 Å². The van der Waals surface area contributed by atoms with Gasteiger partial charge in [0, 0.05) is 17.9 Å². The fourth-order valence-electron chi connectivity index (χ4n) is 3.08. The van der Waals surface area contributed by atoms with E-state index < -0.39 is 11.8 Å². The molecule has 0 bridgehead atoms. The maximum absolute atomic E-state index is 12.9. The largest absolute Gasteiger partial charge is 0.349 e. The number of hydrogen-bond donors (Lipinski definition) is 1. The number of para-hydroxylation sites is 1. The molecular formula is C19H19N3O2S. The molecule has 2 amide bonds. The van der Waals surface area contributed by atoms with Gasteiger partial charge in [-0.15, -0.1) is 0 Å². The summed E-state index contributed by atoms with van der Waals surface area (Å²) in [4.78, 5) is 26.6. The summed E-state index contributed by atoms with van der Waals surface area (Å²) in [7, 11) is 0. The molecule has 1 aliphatic heterocycles. The maximum Gasteiger partial charge on any atom is 0.270 e. The number of nitrogens with zero attached hydrogens (tertiary/aromatic N) is 2. The van der Waals surface area contributed by atoms with Gasteiger partial charge >= 0.3 is 0 Å². The highest BCUT2D eigenvalue weighted by Gasteiger charge is 2.34. The Balaban J connectivity index is 2.05. The van der Waals surface area contributed by atoms with Crippen LogP contribution in [0, 0.1) is 13.8 Å². The summed E-state index contributed by atoms with van der Waals surface area (Å²) in [5, 5.41) is 2.70. The number of aryl methyl sites for hydroxylation is 1. The summed E-state index contributed by atoms with van der Waals surface area (Å²) < 4.78 is 2.14. The molecule has 1 aliphatic rings. The van der Waals surface area contributed by atoms with Crippen molar-refractivity contribution in [3.63, 3.8) is 0 Å². The number of amides is 2. The second-order valence-electron chi connectivity index (χ2n) is 5.86. The zero-order chi connectivity index (χ0) is 18.1. The Morgan fingerprint density at radius 2 is 1.84 bits per heavy atom. The van der Waals surface area contributed by atoms with Crippen molar-refractivity contribution in [2.24, 2.45) is 0 Å². The van der Waals surface area contributed by atoms with Gasteiger partial charge in [0.05, 0.1) is 5.69 Å². The van der Waals surface area contributed by atoms with E-state index in [1.165, 1.54) is 4.90 Å². The Labute approximate surface area is 151 Å². The lowest BCUT2D eigenvalue weighted by atomic mass is 10.1. The number of thiocarbonyl (C=S) groups is 1. The van der Waals surface area contributed by atoms with Crippen LogP contribution >= 0.6 is 12.2 Å². The molecular weight excluding hydrogens is 334 g/mol. The predicted molar refractivity (Wildman–Crippen MR) is 102 cm³/mol. The fourth-order valence-corrected chi connectivity index (χ4v) is 3.37. The van der Waals surface area contributed by atoms with Crippen molar-refractivity contribution in [3.05, 3.63) is 58.9 Å². The molecule has 128 valence electrons.